The molecule has 8 nitrogen and oxygen atoms in total. The Morgan fingerprint density at radius 1 is 1.03 bits per heavy atom. The molecule has 156 valence electrons. The van der Waals surface area contributed by atoms with Crippen LogP contribution in [0.3, 0.4) is 0 Å². The SMILES string of the molecule is CCOCc1ccc(CNC(=O)c2cc(NC(C)=O)ccc2NS(C)(=O)=O)cc1. The normalized spacial score (nSPS) is 11.0. The number of hydrogen-bond acceptors (Lipinski definition) is 5. The van der Waals surface area contributed by atoms with E-state index >= 15 is 0 Å². The number of hydrogen-bond donors (Lipinski definition) is 3. The fourth-order valence-corrected chi connectivity index (χ4v) is 3.13. The van der Waals surface area contributed by atoms with Crippen molar-refractivity contribution in [2.75, 3.05) is 22.9 Å². The van der Waals surface area contributed by atoms with Crippen molar-refractivity contribution in [1.82, 2.24) is 5.32 Å². The van der Waals surface area contributed by atoms with Gasteiger partial charge in [0.1, 0.15) is 0 Å². The van der Waals surface area contributed by atoms with Crippen molar-refractivity contribution in [1.29, 1.82) is 0 Å². The molecule has 0 saturated carbocycles. The number of benzene rings is 2. The monoisotopic (exact) mass is 419 g/mol. The fraction of sp³-hybridized carbons (Fsp3) is 0.300. The highest BCUT2D eigenvalue weighted by Crippen LogP contribution is 2.22. The second-order valence-electron chi connectivity index (χ2n) is 6.45. The van der Waals surface area contributed by atoms with Gasteiger partial charge < -0.3 is 15.4 Å². The molecular weight excluding hydrogens is 394 g/mol. The van der Waals surface area contributed by atoms with Crippen molar-refractivity contribution in [3.63, 3.8) is 0 Å². The number of anilines is 2. The molecule has 0 spiro atoms. The van der Waals surface area contributed by atoms with Crippen molar-refractivity contribution in [2.45, 2.75) is 27.0 Å². The number of nitrogens with one attached hydrogen (secondary N) is 3. The van der Waals surface area contributed by atoms with Crippen molar-refractivity contribution in [2.24, 2.45) is 0 Å². The first kappa shape index (κ1) is 22.4. The van der Waals surface area contributed by atoms with E-state index in [2.05, 4.69) is 15.4 Å². The number of carbonyl (C=O) groups excluding carboxylic acids is 2. The van der Waals surface area contributed by atoms with Crippen LogP contribution in [-0.4, -0.2) is 33.1 Å². The molecule has 9 heteroatoms. The molecule has 0 unspecified atom stereocenters. The summed E-state index contributed by atoms with van der Waals surface area (Å²) < 4.78 is 30.9. The number of rotatable bonds is 9. The maximum atomic E-state index is 12.7. The third-order valence-electron chi connectivity index (χ3n) is 3.83. The van der Waals surface area contributed by atoms with Crippen LogP contribution in [0.1, 0.15) is 35.3 Å². The maximum Gasteiger partial charge on any atom is 0.253 e. The Morgan fingerprint density at radius 3 is 2.28 bits per heavy atom. The Labute approximate surface area is 170 Å². The molecule has 0 aliphatic heterocycles. The summed E-state index contributed by atoms with van der Waals surface area (Å²) in [5.41, 5.74) is 2.54. The van der Waals surface area contributed by atoms with Crippen molar-refractivity contribution < 1.29 is 22.7 Å². The molecule has 2 amide bonds. The van der Waals surface area contributed by atoms with Gasteiger partial charge in [0.2, 0.25) is 15.9 Å². The molecule has 3 N–H and O–H groups in total. The molecule has 2 aromatic carbocycles. The van der Waals surface area contributed by atoms with E-state index in [1.165, 1.54) is 25.1 Å². The van der Waals surface area contributed by atoms with Crippen LogP contribution in [0.5, 0.6) is 0 Å². The average Bonchev–Trinajstić information content (AvgIpc) is 2.65. The van der Waals surface area contributed by atoms with Crippen molar-refractivity contribution >= 4 is 33.2 Å². The van der Waals surface area contributed by atoms with Gasteiger partial charge >= 0.3 is 0 Å². The molecule has 0 heterocycles. The largest absolute Gasteiger partial charge is 0.377 e. The molecule has 2 aromatic rings. The maximum absolute atomic E-state index is 12.7. The van der Waals surface area contributed by atoms with Crippen molar-refractivity contribution in [3.05, 3.63) is 59.2 Å². The van der Waals surface area contributed by atoms with Crippen LogP contribution in [-0.2, 0) is 32.7 Å². The van der Waals surface area contributed by atoms with Gasteiger partial charge in [-0.2, -0.15) is 0 Å². The lowest BCUT2D eigenvalue weighted by Crippen LogP contribution is -2.25. The Kier molecular flexibility index (Phi) is 7.74. The molecule has 0 bridgehead atoms. The second-order valence-corrected chi connectivity index (χ2v) is 8.20. The summed E-state index contributed by atoms with van der Waals surface area (Å²) in [7, 11) is -3.58. The van der Waals surface area contributed by atoms with Crippen LogP contribution in [0.25, 0.3) is 0 Å². The predicted octanol–water partition coefficient (Wildman–Crippen LogP) is 2.48. The molecule has 2 rings (SSSR count). The topological polar surface area (TPSA) is 114 Å². The number of ether oxygens (including phenoxy) is 1. The Morgan fingerprint density at radius 2 is 1.69 bits per heavy atom. The predicted molar refractivity (Wildman–Crippen MR) is 112 cm³/mol. The highest BCUT2D eigenvalue weighted by atomic mass is 32.2. The third kappa shape index (κ3) is 7.55. The molecule has 0 atom stereocenters. The van der Waals surface area contributed by atoms with E-state index in [1.54, 1.807) is 0 Å². The Balaban J connectivity index is 2.15. The van der Waals surface area contributed by atoms with Gasteiger partial charge in [-0.15, -0.1) is 0 Å². The van der Waals surface area contributed by atoms with E-state index in [-0.39, 0.29) is 23.7 Å². The van der Waals surface area contributed by atoms with E-state index in [4.69, 9.17) is 4.74 Å². The molecule has 0 radical (unpaired) electrons. The fourth-order valence-electron chi connectivity index (χ4n) is 2.55. The first-order chi connectivity index (χ1) is 13.7. The van der Waals surface area contributed by atoms with E-state index in [0.29, 0.717) is 18.9 Å². The Bertz CT molecular complexity index is 972. The minimum absolute atomic E-state index is 0.106. The lowest BCUT2D eigenvalue weighted by Gasteiger charge is -2.13. The second kappa shape index (κ2) is 10.0. The smallest absolute Gasteiger partial charge is 0.253 e. The zero-order chi connectivity index (χ0) is 21.4. The van der Waals surface area contributed by atoms with Crippen LogP contribution in [0.4, 0.5) is 11.4 Å². The first-order valence-electron chi connectivity index (χ1n) is 9.01. The summed E-state index contributed by atoms with van der Waals surface area (Å²) in [4.78, 5) is 24.0. The highest BCUT2D eigenvalue weighted by Gasteiger charge is 2.15. The standard InChI is InChI=1S/C20H25N3O5S/c1-4-28-13-16-7-5-15(6-8-16)12-21-20(25)18-11-17(22-14(2)24)9-10-19(18)23-29(3,26)27/h5-11,23H,4,12-13H2,1-3H3,(H,21,25)(H,22,24). The number of amides is 2. The first-order valence-corrected chi connectivity index (χ1v) is 10.9. The molecule has 0 aromatic heterocycles. The van der Waals surface area contributed by atoms with Crippen LogP contribution in [0.15, 0.2) is 42.5 Å². The molecular formula is C20H25N3O5S. The van der Waals surface area contributed by atoms with Gasteiger partial charge in [0.15, 0.2) is 0 Å². The van der Waals surface area contributed by atoms with Gasteiger partial charge in [0.05, 0.1) is 24.1 Å². The highest BCUT2D eigenvalue weighted by molar-refractivity contribution is 7.92. The van der Waals surface area contributed by atoms with E-state index in [0.717, 1.165) is 17.4 Å². The number of carbonyl (C=O) groups is 2. The zero-order valence-electron chi connectivity index (χ0n) is 16.6. The summed E-state index contributed by atoms with van der Waals surface area (Å²) in [5, 5.41) is 5.35. The third-order valence-corrected chi connectivity index (χ3v) is 4.42. The van der Waals surface area contributed by atoms with Gasteiger partial charge in [0.25, 0.3) is 5.91 Å². The molecule has 0 aliphatic carbocycles. The lowest BCUT2D eigenvalue weighted by atomic mass is 10.1. The van der Waals surface area contributed by atoms with E-state index in [9.17, 15) is 18.0 Å². The minimum Gasteiger partial charge on any atom is -0.377 e. The van der Waals surface area contributed by atoms with Crippen molar-refractivity contribution in [3.8, 4) is 0 Å². The van der Waals surface area contributed by atoms with Crippen LogP contribution >= 0.6 is 0 Å². The summed E-state index contributed by atoms with van der Waals surface area (Å²) in [5.74, 6) is -0.769. The number of sulfonamides is 1. The lowest BCUT2D eigenvalue weighted by molar-refractivity contribution is -0.114. The van der Waals surface area contributed by atoms with Gasteiger partial charge in [-0.05, 0) is 36.2 Å². The average molecular weight is 420 g/mol. The van der Waals surface area contributed by atoms with E-state index in [1.807, 2.05) is 31.2 Å². The Hall–Kier alpha value is -2.91. The van der Waals surface area contributed by atoms with Gasteiger partial charge in [-0.1, -0.05) is 24.3 Å². The molecule has 0 fully saturated rings. The summed E-state index contributed by atoms with van der Waals surface area (Å²) in [6, 6.07) is 12.0. The zero-order valence-corrected chi connectivity index (χ0v) is 17.4. The molecule has 0 aliphatic rings. The summed E-state index contributed by atoms with van der Waals surface area (Å²) in [6.07, 6.45) is 1.00. The van der Waals surface area contributed by atoms with Crippen LogP contribution in [0, 0.1) is 0 Å². The summed E-state index contributed by atoms with van der Waals surface area (Å²) >= 11 is 0. The summed E-state index contributed by atoms with van der Waals surface area (Å²) in [6.45, 7) is 4.70. The van der Waals surface area contributed by atoms with E-state index < -0.39 is 15.9 Å². The van der Waals surface area contributed by atoms with Gasteiger partial charge in [-0.25, -0.2) is 8.42 Å². The molecule has 0 saturated heterocycles. The van der Waals surface area contributed by atoms with Crippen LogP contribution in [0.2, 0.25) is 0 Å². The van der Waals surface area contributed by atoms with Gasteiger partial charge in [-0.3, -0.25) is 14.3 Å². The minimum atomic E-state index is -3.58. The van der Waals surface area contributed by atoms with Gasteiger partial charge in [0, 0.05) is 25.8 Å². The molecule has 29 heavy (non-hydrogen) atoms. The quantitative estimate of drug-likeness (QED) is 0.578. The van der Waals surface area contributed by atoms with Crippen LogP contribution < -0.4 is 15.4 Å².